The number of carbonyl (C=O) groups excluding carboxylic acids is 1. The number of hydrogen-bond donors (Lipinski definition) is 1. The van der Waals surface area contributed by atoms with Gasteiger partial charge in [0.15, 0.2) is 0 Å². The number of aromatic amines is 1. The standard InChI is InChI=1S/C29H21N3O/c33-29(21-12-6-2-7-13-21)32(23-14-8-3-9-15-23)24-16-17-25-22(18-24)19-26-27(30-31-28(25)26)20-10-4-1-5-11-20/h1-18H,19H2,(H,30,31). The molecule has 0 bridgehead atoms. The maximum atomic E-state index is 13.6. The summed E-state index contributed by atoms with van der Waals surface area (Å²) >= 11 is 0. The number of hydrogen-bond acceptors (Lipinski definition) is 2. The van der Waals surface area contributed by atoms with Crippen molar-refractivity contribution in [3.63, 3.8) is 0 Å². The average molecular weight is 428 g/mol. The highest BCUT2D eigenvalue weighted by molar-refractivity contribution is 6.11. The lowest BCUT2D eigenvalue weighted by atomic mass is 10.0. The summed E-state index contributed by atoms with van der Waals surface area (Å²) < 4.78 is 0. The van der Waals surface area contributed by atoms with Gasteiger partial charge in [-0.15, -0.1) is 0 Å². The zero-order chi connectivity index (χ0) is 22.2. The van der Waals surface area contributed by atoms with Crippen LogP contribution in [0, 0.1) is 0 Å². The Labute approximate surface area is 192 Å². The number of nitrogens with zero attached hydrogens (tertiary/aromatic N) is 2. The summed E-state index contributed by atoms with van der Waals surface area (Å²) in [7, 11) is 0. The maximum absolute atomic E-state index is 13.6. The van der Waals surface area contributed by atoms with E-state index in [1.165, 1.54) is 11.1 Å². The summed E-state index contributed by atoms with van der Waals surface area (Å²) in [6, 6.07) is 35.7. The lowest BCUT2D eigenvalue weighted by molar-refractivity contribution is 0.0999. The second-order valence-corrected chi connectivity index (χ2v) is 8.15. The van der Waals surface area contributed by atoms with Crippen molar-refractivity contribution in [3.05, 3.63) is 126 Å². The minimum absolute atomic E-state index is 0.0510. The van der Waals surface area contributed by atoms with E-state index in [2.05, 4.69) is 34.5 Å². The van der Waals surface area contributed by atoms with Gasteiger partial charge in [0, 0.05) is 40.0 Å². The monoisotopic (exact) mass is 427 g/mol. The molecule has 0 spiro atoms. The molecule has 1 aromatic heterocycles. The third kappa shape index (κ3) is 3.33. The second kappa shape index (κ2) is 7.92. The van der Waals surface area contributed by atoms with E-state index in [9.17, 15) is 4.79 Å². The fourth-order valence-corrected chi connectivity index (χ4v) is 4.57. The number of aromatic nitrogens is 2. The van der Waals surface area contributed by atoms with E-state index in [1.807, 2.05) is 84.9 Å². The van der Waals surface area contributed by atoms with Gasteiger partial charge in [-0.25, -0.2) is 0 Å². The van der Waals surface area contributed by atoms with Crippen molar-refractivity contribution in [3.8, 4) is 22.5 Å². The van der Waals surface area contributed by atoms with Crippen LogP contribution in [0.25, 0.3) is 22.5 Å². The summed E-state index contributed by atoms with van der Waals surface area (Å²) in [6.07, 6.45) is 0.779. The molecule has 1 amide bonds. The highest BCUT2D eigenvalue weighted by Gasteiger charge is 2.27. The second-order valence-electron chi connectivity index (χ2n) is 8.15. The van der Waals surface area contributed by atoms with Crippen molar-refractivity contribution >= 4 is 17.3 Å². The molecule has 33 heavy (non-hydrogen) atoms. The Morgan fingerprint density at radius 2 is 1.42 bits per heavy atom. The first-order valence-corrected chi connectivity index (χ1v) is 11.0. The van der Waals surface area contributed by atoms with Crippen LogP contribution in [0.15, 0.2) is 109 Å². The van der Waals surface area contributed by atoms with Gasteiger partial charge in [-0.05, 0) is 42.0 Å². The number of fused-ring (bicyclic) bond motifs is 3. The molecule has 0 fully saturated rings. The van der Waals surface area contributed by atoms with E-state index in [0.29, 0.717) is 5.56 Å². The Kier molecular flexibility index (Phi) is 4.62. The first kappa shape index (κ1) is 19.3. The van der Waals surface area contributed by atoms with Gasteiger partial charge in [0.2, 0.25) is 0 Å². The molecular formula is C29H21N3O. The van der Waals surface area contributed by atoms with Crippen LogP contribution in [0.3, 0.4) is 0 Å². The molecular weight excluding hydrogens is 406 g/mol. The van der Waals surface area contributed by atoms with Gasteiger partial charge in [0.05, 0.1) is 11.4 Å². The van der Waals surface area contributed by atoms with E-state index in [0.717, 1.165) is 40.3 Å². The minimum atomic E-state index is -0.0510. The molecule has 4 nitrogen and oxygen atoms in total. The van der Waals surface area contributed by atoms with Gasteiger partial charge < -0.3 is 0 Å². The molecule has 0 saturated carbocycles. The van der Waals surface area contributed by atoms with Gasteiger partial charge in [-0.3, -0.25) is 14.8 Å². The normalized spacial score (nSPS) is 11.6. The Morgan fingerprint density at radius 3 is 2.15 bits per heavy atom. The van der Waals surface area contributed by atoms with Gasteiger partial charge in [-0.2, -0.15) is 5.10 Å². The van der Waals surface area contributed by atoms with Crippen molar-refractivity contribution in [2.75, 3.05) is 4.90 Å². The molecule has 0 radical (unpaired) electrons. The predicted molar refractivity (Wildman–Crippen MR) is 132 cm³/mol. The molecule has 0 aliphatic heterocycles. The Hall–Kier alpha value is -4.44. The number of carbonyl (C=O) groups is 1. The predicted octanol–water partition coefficient (Wildman–Crippen LogP) is 6.63. The molecule has 0 unspecified atom stereocenters. The molecule has 0 saturated heterocycles. The Bertz CT molecular complexity index is 1440. The largest absolute Gasteiger partial charge is 0.277 e. The number of H-pyrrole nitrogens is 1. The molecule has 1 aliphatic rings. The lowest BCUT2D eigenvalue weighted by Crippen LogP contribution is -2.26. The summed E-state index contributed by atoms with van der Waals surface area (Å²) in [5.41, 5.74) is 9.05. The van der Waals surface area contributed by atoms with Crippen LogP contribution >= 0.6 is 0 Å². The molecule has 1 heterocycles. The minimum Gasteiger partial charge on any atom is -0.277 e. The highest BCUT2D eigenvalue weighted by atomic mass is 16.2. The summed E-state index contributed by atoms with van der Waals surface area (Å²) in [5, 5.41) is 7.83. The third-order valence-corrected chi connectivity index (χ3v) is 6.14. The van der Waals surface area contributed by atoms with Crippen molar-refractivity contribution in [1.29, 1.82) is 0 Å². The van der Waals surface area contributed by atoms with Crippen LogP contribution in [-0.2, 0) is 6.42 Å². The number of benzene rings is 4. The van der Waals surface area contributed by atoms with Crippen LogP contribution in [0.2, 0.25) is 0 Å². The van der Waals surface area contributed by atoms with Crippen LogP contribution in [0.4, 0.5) is 11.4 Å². The van der Waals surface area contributed by atoms with E-state index in [1.54, 1.807) is 4.90 Å². The molecule has 1 aliphatic carbocycles. The fraction of sp³-hybridized carbons (Fsp3) is 0.0345. The van der Waals surface area contributed by atoms with E-state index in [4.69, 9.17) is 0 Å². The number of anilines is 2. The van der Waals surface area contributed by atoms with E-state index in [-0.39, 0.29) is 5.91 Å². The topological polar surface area (TPSA) is 49.0 Å². The SMILES string of the molecule is O=C(c1ccccc1)N(c1ccccc1)c1ccc2c(c1)Cc1c(-c3ccccc3)n[nH]c1-2. The van der Waals surface area contributed by atoms with Gasteiger partial charge >= 0.3 is 0 Å². The smallest absolute Gasteiger partial charge is 0.262 e. The number of nitrogens with one attached hydrogen (secondary N) is 1. The summed E-state index contributed by atoms with van der Waals surface area (Å²) in [4.78, 5) is 15.4. The highest BCUT2D eigenvalue weighted by Crippen LogP contribution is 2.42. The van der Waals surface area contributed by atoms with Gasteiger partial charge in [0.25, 0.3) is 5.91 Å². The molecule has 5 aromatic rings. The first-order valence-electron chi connectivity index (χ1n) is 11.0. The number of amides is 1. The zero-order valence-corrected chi connectivity index (χ0v) is 17.9. The molecule has 1 N–H and O–H groups in total. The molecule has 4 heteroatoms. The Morgan fingerprint density at radius 1 is 0.758 bits per heavy atom. The summed E-state index contributed by atoms with van der Waals surface area (Å²) in [5.74, 6) is -0.0510. The number of para-hydroxylation sites is 1. The average Bonchev–Trinajstić information content (AvgIpc) is 3.45. The van der Waals surface area contributed by atoms with Crippen molar-refractivity contribution in [2.45, 2.75) is 6.42 Å². The van der Waals surface area contributed by atoms with Gasteiger partial charge in [0.1, 0.15) is 0 Å². The first-order chi connectivity index (χ1) is 16.3. The Balaban J connectivity index is 1.42. The molecule has 0 atom stereocenters. The van der Waals surface area contributed by atoms with E-state index >= 15 is 0 Å². The molecule has 158 valence electrons. The van der Waals surface area contributed by atoms with Crippen LogP contribution in [-0.4, -0.2) is 16.1 Å². The van der Waals surface area contributed by atoms with Crippen molar-refractivity contribution in [2.24, 2.45) is 0 Å². The van der Waals surface area contributed by atoms with Crippen LogP contribution < -0.4 is 4.90 Å². The van der Waals surface area contributed by atoms with Gasteiger partial charge in [-0.1, -0.05) is 72.8 Å². The lowest BCUT2D eigenvalue weighted by Gasteiger charge is -2.24. The zero-order valence-electron chi connectivity index (χ0n) is 17.9. The van der Waals surface area contributed by atoms with Crippen LogP contribution in [0.5, 0.6) is 0 Å². The van der Waals surface area contributed by atoms with Crippen LogP contribution in [0.1, 0.15) is 21.5 Å². The maximum Gasteiger partial charge on any atom is 0.262 e. The third-order valence-electron chi connectivity index (χ3n) is 6.14. The van der Waals surface area contributed by atoms with Crippen molar-refractivity contribution < 1.29 is 4.79 Å². The van der Waals surface area contributed by atoms with Crippen molar-refractivity contribution in [1.82, 2.24) is 10.2 Å². The quantitative estimate of drug-likeness (QED) is 0.343. The molecule has 6 rings (SSSR count). The summed E-state index contributed by atoms with van der Waals surface area (Å²) in [6.45, 7) is 0. The number of rotatable bonds is 4. The fourth-order valence-electron chi connectivity index (χ4n) is 4.57. The van der Waals surface area contributed by atoms with E-state index < -0.39 is 0 Å². The molecule has 4 aromatic carbocycles.